The van der Waals surface area contributed by atoms with Crippen molar-refractivity contribution in [3.05, 3.63) is 15.7 Å². The van der Waals surface area contributed by atoms with Gasteiger partial charge in [0, 0.05) is 6.54 Å². The van der Waals surface area contributed by atoms with Crippen LogP contribution in [0.15, 0.2) is 0 Å². The van der Waals surface area contributed by atoms with Crippen LogP contribution in [0.1, 0.15) is 110 Å². The first kappa shape index (κ1) is 27.3. The van der Waals surface area contributed by atoms with Gasteiger partial charge in [0.05, 0.1) is 0 Å². The standard InChI is InChI=1S/C24H38Cl3N5/c1-2-3-4-5-6-7-8-9-10-11-12-13-14-15-16-17-18-28-22-20-19(29-24(27)32-22)21(25)31-23(26)30-20/h2-18H2,1H3,(H,28,29,32). The molecule has 0 aromatic carbocycles. The van der Waals surface area contributed by atoms with Crippen molar-refractivity contribution in [1.29, 1.82) is 0 Å². The molecule has 0 unspecified atom stereocenters. The topological polar surface area (TPSA) is 63.6 Å². The van der Waals surface area contributed by atoms with Gasteiger partial charge in [-0.05, 0) is 29.6 Å². The Morgan fingerprint density at radius 3 is 1.50 bits per heavy atom. The normalized spacial score (nSPS) is 11.4. The van der Waals surface area contributed by atoms with E-state index in [0.29, 0.717) is 16.9 Å². The van der Waals surface area contributed by atoms with Crippen LogP contribution in [0.2, 0.25) is 15.7 Å². The second kappa shape index (κ2) is 16.7. The van der Waals surface area contributed by atoms with E-state index in [9.17, 15) is 0 Å². The Bertz CT molecular complexity index is 788. The van der Waals surface area contributed by atoms with Gasteiger partial charge in [-0.15, -0.1) is 0 Å². The third-order valence-electron chi connectivity index (χ3n) is 5.77. The van der Waals surface area contributed by atoms with Crippen molar-refractivity contribution >= 4 is 51.7 Å². The number of hydrogen-bond acceptors (Lipinski definition) is 5. The molecule has 0 aliphatic carbocycles. The van der Waals surface area contributed by atoms with Gasteiger partial charge in [0.25, 0.3) is 0 Å². The number of nitrogens with zero attached hydrogens (tertiary/aromatic N) is 4. The second-order valence-electron chi connectivity index (χ2n) is 8.55. The Kier molecular flexibility index (Phi) is 14.2. The third-order valence-corrected chi connectivity index (χ3v) is 6.37. The summed E-state index contributed by atoms with van der Waals surface area (Å²) in [6.45, 7) is 3.07. The van der Waals surface area contributed by atoms with E-state index in [-0.39, 0.29) is 15.7 Å². The van der Waals surface area contributed by atoms with E-state index in [1.165, 1.54) is 96.3 Å². The highest BCUT2D eigenvalue weighted by atomic mass is 35.5. The molecule has 8 heteroatoms. The zero-order chi connectivity index (χ0) is 23.0. The smallest absolute Gasteiger partial charge is 0.225 e. The van der Waals surface area contributed by atoms with Gasteiger partial charge >= 0.3 is 0 Å². The van der Waals surface area contributed by atoms with Crippen LogP contribution in [0.4, 0.5) is 5.82 Å². The minimum absolute atomic E-state index is 0.0684. The zero-order valence-corrected chi connectivity index (χ0v) is 21.7. The Labute approximate surface area is 208 Å². The van der Waals surface area contributed by atoms with Crippen molar-refractivity contribution in [3.63, 3.8) is 0 Å². The van der Waals surface area contributed by atoms with Crippen LogP contribution in [-0.4, -0.2) is 26.5 Å². The molecule has 0 saturated heterocycles. The maximum Gasteiger partial charge on any atom is 0.225 e. The van der Waals surface area contributed by atoms with Crippen molar-refractivity contribution in [2.45, 2.75) is 110 Å². The molecule has 2 aromatic rings. The first-order valence-electron chi connectivity index (χ1n) is 12.4. The maximum absolute atomic E-state index is 6.10. The lowest BCUT2D eigenvalue weighted by molar-refractivity contribution is 0.530. The molecule has 0 spiro atoms. The molecule has 0 bridgehead atoms. The van der Waals surface area contributed by atoms with Crippen LogP contribution in [0.25, 0.3) is 11.0 Å². The first-order valence-corrected chi connectivity index (χ1v) is 13.6. The monoisotopic (exact) mass is 501 g/mol. The molecule has 180 valence electrons. The summed E-state index contributed by atoms with van der Waals surface area (Å²) >= 11 is 18.0. The minimum Gasteiger partial charge on any atom is -0.368 e. The molecular formula is C24H38Cl3N5. The van der Waals surface area contributed by atoms with E-state index in [1.807, 2.05) is 0 Å². The molecule has 0 aliphatic rings. The molecule has 0 saturated carbocycles. The highest BCUT2D eigenvalue weighted by Gasteiger charge is 2.13. The van der Waals surface area contributed by atoms with Gasteiger partial charge in [0.15, 0.2) is 11.0 Å². The molecule has 32 heavy (non-hydrogen) atoms. The quantitative estimate of drug-likeness (QED) is 0.125. The summed E-state index contributed by atoms with van der Waals surface area (Å²) in [5.74, 6) is 0.548. The summed E-state index contributed by atoms with van der Waals surface area (Å²) in [4.78, 5) is 16.4. The van der Waals surface area contributed by atoms with Gasteiger partial charge in [0.2, 0.25) is 10.6 Å². The molecule has 0 amide bonds. The summed E-state index contributed by atoms with van der Waals surface area (Å²) in [5.41, 5.74) is 0.904. The fourth-order valence-electron chi connectivity index (χ4n) is 3.93. The van der Waals surface area contributed by atoms with E-state index >= 15 is 0 Å². The summed E-state index contributed by atoms with van der Waals surface area (Å²) in [5, 5.41) is 3.64. The highest BCUT2D eigenvalue weighted by Crippen LogP contribution is 2.26. The Hall–Kier alpha value is -0.910. The van der Waals surface area contributed by atoms with E-state index in [1.54, 1.807) is 0 Å². The predicted molar refractivity (Wildman–Crippen MR) is 138 cm³/mol. The molecule has 2 heterocycles. The molecule has 0 aliphatic heterocycles. The van der Waals surface area contributed by atoms with Crippen molar-refractivity contribution in [3.8, 4) is 0 Å². The fourth-order valence-corrected chi connectivity index (χ4v) is 4.52. The molecule has 0 fully saturated rings. The summed E-state index contributed by atoms with van der Waals surface area (Å²) < 4.78 is 0. The van der Waals surface area contributed by atoms with E-state index in [0.717, 1.165) is 13.0 Å². The average molecular weight is 503 g/mol. The Balaban J connectivity index is 1.47. The van der Waals surface area contributed by atoms with Gasteiger partial charge in [-0.3, -0.25) is 0 Å². The summed E-state index contributed by atoms with van der Waals surface area (Å²) in [7, 11) is 0. The van der Waals surface area contributed by atoms with Crippen LogP contribution in [0.5, 0.6) is 0 Å². The maximum atomic E-state index is 6.10. The highest BCUT2D eigenvalue weighted by molar-refractivity contribution is 6.36. The van der Waals surface area contributed by atoms with E-state index in [4.69, 9.17) is 34.8 Å². The largest absolute Gasteiger partial charge is 0.368 e. The second-order valence-corrected chi connectivity index (χ2v) is 9.59. The van der Waals surface area contributed by atoms with Gasteiger partial charge in [-0.2, -0.15) is 4.98 Å². The van der Waals surface area contributed by atoms with Crippen LogP contribution in [-0.2, 0) is 0 Å². The molecular weight excluding hydrogens is 465 g/mol. The van der Waals surface area contributed by atoms with Gasteiger partial charge in [-0.1, -0.05) is 115 Å². The lowest BCUT2D eigenvalue weighted by Crippen LogP contribution is -2.06. The number of halogens is 3. The average Bonchev–Trinajstić information content (AvgIpc) is 2.76. The number of fused-ring (bicyclic) bond motifs is 1. The number of anilines is 1. The van der Waals surface area contributed by atoms with Gasteiger partial charge in [-0.25, -0.2) is 15.0 Å². The molecule has 2 rings (SSSR count). The van der Waals surface area contributed by atoms with Crippen molar-refractivity contribution < 1.29 is 0 Å². The third kappa shape index (κ3) is 10.8. The number of unbranched alkanes of at least 4 members (excludes halogenated alkanes) is 15. The van der Waals surface area contributed by atoms with Crippen LogP contribution in [0, 0.1) is 0 Å². The zero-order valence-electron chi connectivity index (χ0n) is 19.4. The minimum atomic E-state index is 0.0684. The van der Waals surface area contributed by atoms with Gasteiger partial charge < -0.3 is 5.32 Å². The molecule has 1 N–H and O–H groups in total. The van der Waals surface area contributed by atoms with E-state index in [2.05, 4.69) is 32.2 Å². The number of rotatable bonds is 18. The van der Waals surface area contributed by atoms with E-state index < -0.39 is 0 Å². The Morgan fingerprint density at radius 1 is 0.531 bits per heavy atom. The summed E-state index contributed by atoms with van der Waals surface area (Å²) in [6.07, 6.45) is 21.7. The van der Waals surface area contributed by atoms with Crippen LogP contribution in [0.3, 0.4) is 0 Å². The van der Waals surface area contributed by atoms with Crippen LogP contribution < -0.4 is 5.32 Å². The number of aromatic nitrogens is 4. The van der Waals surface area contributed by atoms with Gasteiger partial charge in [0.1, 0.15) is 11.0 Å². The van der Waals surface area contributed by atoms with Crippen molar-refractivity contribution in [1.82, 2.24) is 19.9 Å². The summed E-state index contributed by atoms with van der Waals surface area (Å²) in [6, 6.07) is 0. The fraction of sp³-hybridized carbons (Fsp3) is 0.750. The molecule has 2 aromatic heterocycles. The molecule has 0 radical (unpaired) electrons. The van der Waals surface area contributed by atoms with Crippen LogP contribution >= 0.6 is 34.8 Å². The van der Waals surface area contributed by atoms with Crippen molar-refractivity contribution in [2.75, 3.05) is 11.9 Å². The molecule has 5 nitrogen and oxygen atoms in total. The lowest BCUT2D eigenvalue weighted by Gasteiger charge is -2.09. The lowest BCUT2D eigenvalue weighted by atomic mass is 10.0. The van der Waals surface area contributed by atoms with Crippen molar-refractivity contribution in [2.24, 2.45) is 0 Å². The Morgan fingerprint density at radius 2 is 0.969 bits per heavy atom. The first-order chi connectivity index (χ1) is 15.6. The number of hydrogen-bond donors (Lipinski definition) is 1. The predicted octanol–water partition coefficient (Wildman–Crippen LogP) is 9.05. The SMILES string of the molecule is CCCCCCCCCCCCCCCCCCNc1nc(Cl)nc2c(Cl)nc(Cl)nc12. The molecule has 0 atom stereocenters. The number of nitrogens with one attached hydrogen (secondary N) is 1.